The molecule has 0 spiro atoms. The summed E-state index contributed by atoms with van der Waals surface area (Å²) in [4.78, 5) is 15.8. The van der Waals surface area contributed by atoms with Crippen molar-refractivity contribution < 1.29 is 19.7 Å². The van der Waals surface area contributed by atoms with E-state index < -0.39 is 30.6 Å². The molecule has 2 amide bonds. The summed E-state index contributed by atoms with van der Waals surface area (Å²) in [5.41, 5.74) is 9.01. The molecule has 4 atom stereocenters. The smallest absolute Gasteiger partial charge is 0.325 e. The van der Waals surface area contributed by atoms with E-state index in [-0.39, 0.29) is 6.61 Å². The second-order valence-corrected chi connectivity index (χ2v) is 4.45. The lowest BCUT2D eigenvalue weighted by Crippen LogP contribution is -2.51. The largest absolute Gasteiger partial charge is 0.394 e. The van der Waals surface area contributed by atoms with Gasteiger partial charge in [-0.3, -0.25) is 4.90 Å². The van der Waals surface area contributed by atoms with Crippen molar-refractivity contribution >= 4 is 6.03 Å². The van der Waals surface area contributed by atoms with E-state index in [1.54, 1.807) is 6.92 Å². The van der Waals surface area contributed by atoms with Crippen molar-refractivity contribution in [2.75, 3.05) is 6.61 Å². The zero-order chi connectivity index (χ0) is 14.0. The summed E-state index contributed by atoms with van der Waals surface area (Å²) in [6.45, 7) is 1.38. The van der Waals surface area contributed by atoms with Gasteiger partial charge in [-0.05, 0) is 18.0 Å². The fraction of sp³-hybridized carbons (Fsp3) is 0.700. The molecule has 0 aliphatic carbocycles. The first-order valence-electron chi connectivity index (χ1n) is 5.82. The summed E-state index contributed by atoms with van der Waals surface area (Å²) in [7, 11) is 0. The summed E-state index contributed by atoms with van der Waals surface area (Å²) >= 11 is 0. The third-order valence-electron chi connectivity index (χ3n) is 3.16. The number of nitrogens with zero attached hydrogens (tertiary/aromatic N) is 4. The number of hydrogen-bond acceptors (Lipinski definition) is 5. The van der Waals surface area contributed by atoms with E-state index in [0.29, 0.717) is 12.0 Å². The first kappa shape index (κ1) is 13.6. The van der Waals surface area contributed by atoms with Crippen molar-refractivity contribution in [3.63, 3.8) is 0 Å². The number of nitrogens with one attached hydrogen (secondary N) is 1. The van der Waals surface area contributed by atoms with Gasteiger partial charge in [-0.1, -0.05) is 5.11 Å². The van der Waals surface area contributed by atoms with E-state index in [4.69, 9.17) is 15.4 Å². The summed E-state index contributed by atoms with van der Waals surface area (Å²) in [5.74, 6) is 0. The van der Waals surface area contributed by atoms with Crippen LogP contribution in [0.15, 0.2) is 16.9 Å². The van der Waals surface area contributed by atoms with Gasteiger partial charge >= 0.3 is 6.03 Å². The average Bonchev–Trinajstić information content (AvgIpc) is 2.77. The van der Waals surface area contributed by atoms with Crippen LogP contribution >= 0.6 is 0 Å². The molecule has 104 valence electrons. The zero-order valence-corrected chi connectivity index (χ0v) is 10.3. The Hall–Kier alpha value is -1.80. The van der Waals surface area contributed by atoms with E-state index in [1.165, 1.54) is 11.1 Å². The highest BCUT2D eigenvalue weighted by molar-refractivity contribution is 5.77. The number of aliphatic hydroxyl groups is 2. The maximum absolute atomic E-state index is 11.8. The summed E-state index contributed by atoms with van der Waals surface area (Å²) in [5, 5.41) is 24.5. The van der Waals surface area contributed by atoms with Crippen LogP contribution in [0.4, 0.5) is 4.79 Å². The van der Waals surface area contributed by atoms with Crippen LogP contribution in [0.1, 0.15) is 13.3 Å². The molecule has 0 aromatic rings. The normalized spacial score (nSPS) is 34.6. The van der Waals surface area contributed by atoms with Crippen molar-refractivity contribution in [1.29, 1.82) is 0 Å². The predicted octanol–water partition coefficient (Wildman–Crippen LogP) is 0.0200. The maximum atomic E-state index is 11.8. The number of aliphatic hydroxyl groups excluding tert-OH is 2. The van der Waals surface area contributed by atoms with Gasteiger partial charge in [0.15, 0.2) is 6.23 Å². The molecule has 9 nitrogen and oxygen atoms in total. The standard InChI is InChI=1S/C10H15N5O4/c1-5-3-15(10(18)12-9(5)17)8-2-6(13-14-11)7(4-16)19-8/h3,6-9,16-17H,2,4H2,1H3,(H,12,18)/t6?,7-,8-,9?/m1/s1. The number of carbonyl (C=O) groups is 1. The Morgan fingerprint density at radius 2 is 2.47 bits per heavy atom. The molecule has 0 radical (unpaired) electrons. The van der Waals surface area contributed by atoms with Crippen molar-refractivity contribution in [3.05, 3.63) is 22.2 Å². The number of urea groups is 1. The lowest BCUT2D eigenvalue weighted by atomic mass is 10.1. The number of ether oxygens (including phenoxy) is 1. The minimum absolute atomic E-state index is 0.291. The quantitative estimate of drug-likeness (QED) is 0.378. The molecular formula is C10H15N5O4. The molecule has 9 heteroatoms. The number of rotatable bonds is 3. The highest BCUT2D eigenvalue weighted by Gasteiger charge is 2.40. The highest BCUT2D eigenvalue weighted by atomic mass is 16.5. The third-order valence-corrected chi connectivity index (χ3v) is 3.16. The molecule has 2 aliphatic heterocycles. The molecule has 2 unspecified atom stereocenters. The molecule has 3 N–H and O–H groups in total. The Morgan fingerprint density at radius 1 is 1.74 bits per heavy atom. The SMILES string of the molecule is CC1=CN([C@H]2CC(N=[N+]=[N-])[C@@H](CO)O2)C(=O)NC1O. The Bertz CT molecular complexity index is 447. The first-order chi connectivity index (χ1) is 9.06. The lowest BCUT2D eigenvalue weighted by Gasteiger charge is -2.32. The van der Waals surface area contributed by atoms with Gasteiger partial charge < -0.3 is 20.3 Å². The topological polar surface area (TPSA) is 131 Å². The predicted molar refractivity (Wildman–Crippen MR) is 63.4 cm³/mol. The van der Waals surface area contributed by atoms with Gasteiger partial charge in [0, 0.05) is 17.5 Å². The van der Waals surface area contributed by atoms with E-state index in [9.17, 15) is 9.90 Å². The van der Waals surface area contributed by atoms with Crippen LogP contribution in [0.2, 0.25) is 0 Å². The highest BCUT2D eigenvalue weighted by Crippen LogP contribution is 2.27. The molecule has 2 aliphatic rings. The minimum Gasteiger partial charge on any atom is -0.394 e. The first-order valence-corrected chi connectivity index (χ1v) is 5.82. The fourth-order valence-electron chi connectivity index (χ4n) is 2.11. The summed E-state index contributed by atoms with van der Waals surface area (Å²) in [6.07, 6.45) is -0.486. The van der Waals surface area contributed by atoms with Crippen LogP contribution in [0.25, 0.3) is 10.4 Å². The van der Waals surface area contributed by atoms with E-state index in [1.807, 2.05) is 0 Å². The Kier molecular flexibility index (Phi) is 3.91. The number of carbonyl (C=O) groups excluding carboxylic acids is 1. The van der Waals surface area contributed by atoms with Gasteiger partial charge in [0.1, 0.15) is 6.23 Å². The van der Waals surface area contributed by atoms with Crippen LogP contribution < -0.4 is 5.32 Å². The van der Waals surface area contributed by atoms with Gasteiger partial charge in [0.2, 0.25) is 0 Å². The molecular weight excluding hydrogens is 254 g/mol. The molecule has 0 bridgehead atoms. The molecule has 0 saturated carbocycles. The molecule has 1 fully saturated rings. The molecule has 0 aromatic heterocycles. The molecule has 2 rings (SSSR count). The summed E-state index contributed by atoms with van der Waals surface area (Å²) < 4.78 is 5.49. The Morgan fingerprint density at radius 3 is 3.11 bits per heavy atom. The van der Waals surface area contributed by atoms with Crippen molar-refractivity contribution in [3.8, 4) is 0 Å². The second-order valence-electron chi connectivity index (χ2n) is 4.45. The van der Waals surface area contributed by atoms with Gasteiger partial charge in [-0.15, -0.1) is 0 Å². The number of azide groups is 1. The molecule has 0 aromatic carbocycles. The fourth-order valence-corrected chi connectivity index (χ4v) is 2.11. The lowest BCUT2D eigenvalue weighted by molar-refractivity contribution is -0.0418. The van der Waals surface area contributed by atoms with Crippen LogP contribution in [0.3, 0.4) is 0 Å². The average molecular weight is 269 g/mol. The van der Waals surface area contributed by atoms with Gasteiger partial charge in [0.25, 0.3) is 0 Å². The molecule has 2 heterocycles. The van der Waals surface area contributed by atoms with Crippen molar-refractivity contribution in [1.82, 2.24) is 10.2 Å². The molecule has 19 heavy (non-hydrogen) atoms. The Labute approximate surface area is 109 Å². The van der Waals surface area contributed by atoms with E-state index >= 15 is 0 Å². The maximum Gasteiger partial charge on any atom is 0.325 e. The van der Waals surface area contributed by atoms with Crippen LogP contribution in [-0.4, -0.2) is 52.4 Å². The minimum atomic E-state index is -1.01. The number of hydrogen-bond donors (Lipinski definition) is 3. The third kappa shape index (κ3) is 2.64. The van der Waals surface area contributed by atoms with E-state index in [2.05, 4.69) is 15.3 Å². The molecule has 1 saturated heterocycles. The van der Waals surface area contributed by atoms with Crippen LogP contribution in [-0.2, 0) is 4.74 Å². The van der Waals surface area contributed by atoms with Crippen LogP contribution in [0.5, 0.6) is 0 Å². The van der Waals surface area contributed by atoms with E-state index in [0.717, 1.165) is 0 Å². The van der Waals surface area contributed by atoms with Gasteiger partial charge in [0.05, 0.1) is 18.8 Å². The summed E-state index contributed by atoms with van der Waals surface area (Å²) in [6, 6.07) is -1.02. The Balaban J connectivity index is 2.15. The monoisotopic (exact) mass is 269 g/mol. The van der Waals surface area contributed by atoms with Crippen molar-refractivity contribution in [2.45, 2.75) is 37.9 Å². The number of amides is 2. The zero-order valence-electron chi connectivity index (χ0n) is 10.3. The van der Waals surface area contributed by atoms with Gasteiger partial charge in [-0.2, -0.15) is 0 Å². The second kappa shape index (κ2) is 5.45. The van der Waals surface area contributed by atoms with Gasteiger partial charge in [-0.25, -0.2) is 4.79 Å². The van der Waals surface area contributed by atoms with Crippen LogP contribution in [0, 0.1) is 0 Å². The van der Waals surface area contributed by atoms with Crippen molar-refractivity contribution in [2.24, 2.45) is 5.11 Å².